The summed E-state index contributed by atoms with van der Waals surface area (Å²) in [4.78, 5) is 15.0. The number of rotatable bonds is 0. The van der Waals surface area contributed by atoms with Gasteiger partial charge in [0.05, 0.1) is 0 Å². The molecule has 2 aliphatic heterocycles. The fourth-order valence-corrected chi connectivity index (χ4v) is 1.17. The smallest absolute Gasteiger partial charge is 0.318 e. The van der Waals surface area contributed by atoms with Crippen molar-refractivity contribution >= 4 is 6.03 Å². The number of amides is 2. The van der Waals surface area contributed by atoms with Crippen LogP contribution in [0.1, 0.15) is 13.8 Å². The Labute approximate surface area is 60.6 Å². The van der Waals surface area contributed by atoms with Crippen molar-refractivity contribution in [3.8, 4) is 0 Å². The van der Waals surface area contributed by atoms with E-state index in [0.29, 0.717) is 12.1 Å². The predicted molar refractivity (Wildman–Crippen MR) is 37.7 cm³/mol. The van der Waals surface area contributed by atoms with E-state index in [1.165, 1.54) is 0 Å². The number of carbonyl (C=O) groups excluding carboxylic acids is 1. The minimum atomic E-state index is 0.236. The van der Waals surface area contributed by atoms with Crippen LogP contribution in [0.5, 0.6) is 0 Å². The molecule has 2 rings (SSSR count). The molecule has 0 aromatic heterocycles. The molecule has 0 spiro atoms. The summed E-state index contributed by atoms with van der Waals surface area (Å²) >= 11 is 0. The van der Waals surface area contributed by atoms with E-state index < -0.39 is 0 Å². The van der Waals surface area contributed by atoms with E-state index in [4.69, 9.17) is 0 Å². The highest BCUT2D eigenvalue weighted by Gasteiger charge is 2.44. The van der Waals surface area contributed by atoms with E-state index in [-0.39, 0.29) is 6.03 Å². The molecular weight excluding hydrogens is 128 g/mol. The molecule has 0 aliphatic carbocycles. The van der Waals surface area contributed by atoms with Gasteiger partial charge in [0.2, 0.25) is 0 Å². The lowest BCUT2D eigenvalue weighted by atomic mass is 10.6. The van der Waals surface area contributed by atoms with Gasteiger partial charge in [-0.05, 0) is 13.8 Å². The summed E-state index contributed by atoms with van der Waals surface area (Å²) in [5.41, 5.74) is 0. The largest absolute Gasteiger partial charge is 0.320 e. The zero-order chi connectivity index (χ0) is 7.30. The average Bonchev–Trinajstić information content (AvgIpc) is 2.70. The number of carbonyl (C=O) groups is 1. The van der Waals surface area contributed by atoms with Crippen molar-refractivity contribution in [2.75, 3.05) is 13.1 Å². The van der Waals surface area contributed by atoms with E-state index >= 15 is 0 Å². The third-order valence-corrected chi connectivity index (χ3v) is 2.21. The molecule has 2 atom stereocenters. The van der Waals surface area contributed by atoms with Crippen LogP contribution in [0.4, 0.5) is 4.79 Å². The molecular formula is C7H12N2O. The Morgan fingerprint density at radius 2 is 1.50 bits per heavy atom. The van der Waals surface area contributed by atoms with Crippen molar-refractivity contribution in [2.24, 2.45) is 0 Å². The highest BCUT2D eigenvalue weighted by atomic mass is 16.2. The van der Waals surface area contributed by atoms with E-state index in [0.717, 1.165) is 13.1 Å². The first-order valence-electron chi connectivity index (χ1n) is 3.77. The molecule has 0 radical (unpaired) electrons. The van der Waals surface area contributed by atoms with Crippen molar-refractivity contribution in [3.05, 3.63) is 0 Å². The summed E-state index contributed by atoms with van der Waals surface area (Å²) in [5, 5.41) is 0. The number of urea groups is 1. The van der Waals surface area contributed by atoms with Gasteiger partial charge in [0.15, 0.2) is 0 Å². The van der Waals surface area contributed by atoms with E-state index in [1.807, 2.05) is 9.80 Å². The summed E-state index contributed by atoms with van der Waals surface area (Å²) in [7, 11) is 0. The number of hydrogen-bond donors (Lipinski definition) is 0. The summed E-state index contributed by atoms with van der Waals surface area (Å²) in [6, 6.07) is 1.24. The molecule has 3 heteroatoms. The SMILES string of the molecule is CC1CN1C(=O)N1CC1C. The second-order valence-electron chi connectivity index (χ2n) is 3.29. The lowest BCUT2D eigenvalue weighted by molar-refractivity contribution is 0.213. The van der Waals surface area contributed by atoms with Gasteiger partial charge in [-0.25, -0.2) is 4.79 Å². The van der Waals surface area contributed by atoms with Crippen molar-refractivity contribution in [3.63, 3.8) is 0 Å². The minimum absolute atomic E-state index is 0.236. The summed E-state index contributed by atoms with van der Waals surface area (Å²) in [5.74, 6) is 0. The molecule has 10 heavy (non-hydrogen) atoms. The van der Waals surface area contributed by atoms with Gasteiger partial charge < -0.3 is 9.80 Å². The normalized spacial score (nSPS) is 36.2. The molecule has 0 aromatic rings. The molecule has 2 aliphatic rings. The Balaban J connectivity index is 1.89. The maximum atomic E-state index is 11.2. The fraction of sp³-hybridized carbons (Fsp3) is 0.857. The molecule has 2 fully saturated rings. The van der Waals surface area contributed by atoms with Crippen LogP contribution in [0, 0.1) is 0 Å². The molecule has 0 N–H and O–H groups in total. The summed E-state index contributed by atoms with van der Waals surface area (Å²) < 4.78 is 0. The quantitative estimate of drug-likeness (QED) is 0.450. The molecule has 2 saturated heterocycles. The van der Waals surface area contributed by atoms with Crippen LogP contribution in [-0.4, -0.2) is 41.0 Å². The fourth-order valence-electron chi connectivity index (χ4n) is 1.17. The Kier molecular flexibility index (Phi) is 0.993. The van der Waals surface area contributed by atoms with Gasteiger partial charge in [-0.3, -0.25) is 0 Å². The lowest BCUT2D eigenvalue weighted by Gasteiger charge is -2.02. The Hall–Kier alpha value is -0.730. The first kappa shape index (κ1) is 6.01. The maximum Gasteiger partial charge on any atom is 0.320 e. The molecule has 0 bridgehead atoms. The minimum Gasteiger partial charge on any atom is -0.318 e. The zero-order valence-electron chi connectivity index (χ0n) is 6.37. The topological polar surface area (TPSA) is 23.1 Å². The highest BCUT2D eigenvalue weighted by molar-refractivity contribution is 5.79. The predicted octanol–water partition coefficient (Wildman–Crippen LogP) is 0.515. The van der Waals surface area contributed by atoms with Crippen molar-refractivity contribution in [2.45, 2.75) is 25.9 Å². The van der Waals surface area contributed by atoms with Crippen LogP contribution in [0.2, 0.25) is 0 Å². The van der Waals surface area contributed by atoms with E-state index in [2.05, 4.69) is 13.8 Å². The highest BCUT2D eigenvalue weighted by Crippen LogP contribution is 2.25. The monoisotopic (exact) mass is 140 g/mol. The first-order chi connectivity index (χ1) is 4.70. The second-order valence-corrected chi connectivity index (χ2v) is 3.29. The van der Waals surface area contributed by atoms with Crippen LogP contribution >= 0.6 is 0 Å². The lowest BCUT2D eigenvalue weighted by Crippen LogP contribution is -2.20. The van der Waals surface area contributed by atoms with Crippen LogP contribution in [0.3, 0.4) is 0 Å². The van der Waals surface area contributed by atoms with E-state index in [1.54, 1.807) is 0 Å². The third-order valence-electron chi connectivity index (χ3n) is 2.21. The maximum absolute atomic E-state index is 11.2. The van der Waals surface area contributed by atoms with E-state index in [9.17, 15) is 4.79 Å². The van der Waals surface area contributed by atoms with Gasteiger partial charge in [-0.1, -0.05) is 0 Å². The van der Waals surface area contributed by atoms with Crippen molar-refractivity contribution in [1.29, 1.82) is 0 Å². The summed E-state index contributed by atoms with van der Waals surface area (Å²) in [6.45, 7) is 6.07. The third kappa shape index (κ3) is 0.770. The first-order valence-corrected chi connectivity index (χ1v) is 3.77. The standard InChI is InChI=1S/C7H12N2O/c1-5-3-8(5)7(10)9-4-6(9)2/h5-6H,3-4H2,1-2H3. The Morgan fingerprint density at radius 3 is 1.70 bits per heavy atom. The van der Waals surface area contributed by atoms with Gasteiger partial charge in [0.1, 0.15) is 0 Å². The number of nitrogens with zero attached hydrogens (tertiary/aromatic N) is 2. The Bertz CT molecular complexity index is 162. The van der Waals surface area contributed by atoms with Gasteiger partial charge >= 0.3 is 6.03 Å². The van der Waals surface area contributed by atoms with Crippen LogP contribution < -0.4 is 0 Å². The van der Waals surface area contributed by atoms with Gasteiger partial charge in [0.25, 0.3) is 0 Å². The van der Waals surface area contributed by atoms with Gasteiger partial charge in [0, 0.05) is 25.2 Å². The van der Waals surface area contributed by atoms with Gasteiger partial charge in [-0.2, -0.15) is 0 Å². The Morgan fingerprint density at radius 1 is 1.20 bits per heavy atom. The molecule has 2 heterocycles. The van der Waals surface area contributed by atoms with Crippen LogP contribution in [0.15, 0.2) is 0 Å². The molecule has 3 nitrogen and oxygen atoms in total. The molecule has 2 unspecified atom stereocenters. The van der Waals surface area contributed by atoms with Gasteiger partial charge in [-0.15, -0.1) is 0 Å². The summed E-state index contributed by atoms with van der Waals surface area (Å²) in [6.07, 6.45) is 0. The van der Waals surface area contributed by atoms with Crippen molar-refractivity contribution < 1.29 is 4.79 Å². The van der Waals surface area contributed by atoms with Crippen LogP contribution in [-0.2, 0) is 0 Å². The molecule has 2 amide bonds. The molecule has 0 aromatic carbocycles. The molecule has 0 saturated carbocycles. The van der Waals surface area contributed by atoms with Crippen LogP contribution in [0.25, 0.3) is 0 Å². The second kappa shape index (κ2) is 1.65. The number of hydrogen-bond acceptors (Lipinski definition) is 1. The van der Waals surface area contributed by atoms with Crippen molar-refractivity contribution in [1.82, 2.24) is 9.80 Å². The zero-order valence-corrected chi connectivity index (χ0v) is 6.37. The molecule has 56 valence electrons. The average molecular weight is 140 g/mol.